The molecule has 12 heteroatoms. The van der Waals surface area contributed by atoms with Gasteiger partial charge in [0.15, 0.2) is 5.65 Å². The smallest absolute Gasteiger partial charge is 0.264 e. The van der Waals surface area contributed by atoms with Crippen LogP contribution in [0.25, 0.3) is 22.3 Å². The molecule has 0 spiro atoms. The van der Waals surface area contributed by atoms with Gasteiger partial charge in [0.2, 0.25) is 0 Å². The van der Waals surface area contributed by atoms with Crippen molar-refractivity contribution in [2.24, 2.45) is 0 Å². The number of anilines is 1. The number of rotatable bonds is 7. The van der Waals surface area contributed by atoms with Crippen LogP contribution in [0, 0.1) is 17.1 Å². The van der Waals surface area contributed by atoms with Crippen molar-refractivity contribution in [3.63, 3.8) is 0 Å². The van der Waals surface area contributed by atoms with Gasteiger partial charge in [-0.05, 0) is 70.9 Å². The quantitative estimate of drug-likeness (QED) is 0.210. The van der Waals surface area contributed by atoms with Crippen LogP contribution < -0.4 is 15.8 Å². The summed E-state index contributed by atoms with van der Waals surface area (Å²) in [7, 11) is 0. The van der Waals surface area contributed by atoms with Crippen LogP contribution in [0.5, 0.6) is 11.5 Å². The van der Waals surface area contributed by atoms with Crippen molar-refractivity contribution in [3.05, 3.63) is 72.3 Å². The average Bonchev–Trinajstić information content (AvgIpc) is 3.45. The second-order valence-electron chi connectivity index (χ2n) is 13.0. The summed E-state index contributed by atoms with van der Waals surface area (Å²) in [6.45, 7) is 10.9. The molecule has 2 aromatic heterocycles. The number of ether oxygens (including phenoxy) is 1. The van der Waals surface area contributed by atoms with E-state index in [0.717, 1.165) is 13.1 Å². The average molecular weight is 638 g/mol. The summed E-state index contributed by atoms with van der Waals surface area (Å²) in [4.78, 5) is 26.5. The van der Waals surface area contributed by atoms with Crippen LogP contribution in [-0.2, 0) is 4.79 Å². The van der Waals surface area contributed by atoms with Crippen LogP contribution in [0.15, 0.2) is 66.5 Å². The molecule has 47 heavy (non-hydrogen) atoms. The first-order valence-corrected chi connectivity index (χ1v) is 16.0. The third kappa shape index (κ3) is 6.54. The first kappa shape index (κ1) is 32.1. The zero-order valence-electron chi connectivity index (χ0n) is 27.2. The normalized spacial score (nSPS) is 21.1. The van der Waals surface area contributed by atoms with Crippen LogP contribution in [0.4, 0.5) is 10.2 Å². The number of nitrogen functional groups attached to an aromatic ring is 1. The molecule has 244 valence electrons. The highest BCUT2D eigenvalue weighted by atomic mass is 19.1. The van der Waals surface area contributed by atoms with Crippen molar-refractivity contribution in [1.29, 1.82) is 5.26 Å². The number of hydrogen-bond donors (Lipinski definition) is 2. The Hall–Kier alpha value is -4.86. The number of nitrogens with two attached hydrogens (primary N) is 1. The Morgan fingerprint density at radius 1 is 1.15 bits per heavy atom. The molecule has 4 aromatic rings. The monoisotopic (exact) mass is 637 g/mol. The SMILES string of the molecule is C[C@@H]1CN[C@@H](C)CN1C(C)(C)/C=C(/C#N)C(=O)N1CCC[C@@H](n2nc(-c3ccc(Oc4ccccc4)cc3F)c3c(N)ncnc32)C1. The Morgan fingerprint density at radius 2 is 1.94 bits per heavy atom. The van der Waals surface area contributed by atoms with Gasteiger partial charge >= 0.3 is 0 Å². The molecule has 2 fully saturated rings. The van der Waals surface area contributed by atoms with E-state index < -0.39 is 11.4 Å². The van der Waals surface area contributed by atoms with E-state index in [2.05, 4.69) is 40.1 Å². The zero-order chi connectivity index (χ0) is 33.3. The molecule has 0 bridgehead atoms. The number of aromatic nitrogens is 4. The molecule has 2 aliphatic heterocycles. The van der Waals surface area contributed by atoms with Crippen molar-refractivity contribution in [2.75, 3.05) is 31.9 Å². The molecule has 3 N–H and O–H groups in total. The van der Waals surface area contributed by atoms with E-state index in [1.54, 1.807) is 39.9 Å². The molecule has 0 aliphatic carbocycles. The number of hydrogen-bond acceptors (Lipinski definition) is 9. The number of para-hydroxylation sites is 1. The fraction of sp³-hybridized carbons (Fsp3) is 0.400. The van der Waals surface area contributed by atoms with E-state index in [4.69, 9.17) is 15.6 Å². The molecule has 2 aliphatic rings. The number of benzene rings is 2. The number of carbonyl (C=O) groups is 1. The maximum absolute atomic E-state index is 15.7. The number of piperidine rings is 1. The molecule has 2 saturated heterocycles. The van der Waals surface area contributed by atoms with Crippen LogP contribution in [-0.4, -0.2) is 79.3 Å². The van der Waals surface area contributed by atoms with Crippen LogP contribution in [0.3, 0.4) is 0 Å². The maximum Gasteiger partial charge on any atom is 0.264 e. The number of amides is 1. The molecule has 11 nitrogen and oxygen atoms in total. The molecule has 3 atom stereocenters. The largest absolute Gasteiger partial charge is 0.457 e. The van der Waals surface area contributed by atoms with E-state index in [-0.39, 0.29) is 34.9 Å². The number of halogens is 1. The number of carbonyl (C=O) groups excluding carboxylic acids is 1. The lowest BCUT2D eigenvalue weighted by Crippen LogP contribution is -2.60. The minimum Gasteiger partial charge on any atom is -0.457 e. The molecule has 0 saturated carbocycles. The van der Waals surface area contributed by atoms with Crippen molar-refractivity contribution in [3.8, 4) is 28.8 Å². The molecular formula is C35H40FN9O2. The minimum atomic E-state index is -0.534. The number of likely N-dealkylation sites (tertiary alicyclic amines) is 1. The highest BCUT2D eigenvalue weighted by Gasteiger charge is 2.36. The third-order valence-electron chi connectivity index (χ3n) is 9.08. The predicted octanol–water partition coefficient (Wildman–Crippen LogP) is 5.08. The topological polar surface area (TPSA) is 138 Å². The summed E-state index contributed by atoms with van der Waals surface area (Å²) < 4.78 is 23.2. The first-order chi connectivity index (χ1) is 22.6. The van der Waals surface area contributed by atoms with Crippen LogP contribution in [0.2, 0.25) is 0 Å². The van der Waals surface area contributed by atoms with Crippen molar-refractivity contribution >= 4 is 22.8 Å². The maximum atomic E-state index is 15.7. The Bertz CT molecular complexity index is 1850. The van der Waals surface area contributed by atoms with Gasteiger partial charge in [-0.3, -0.25) is 9.69 Å². The Kier molecular flexibility index (Phi) is 8.94. The lowest BCUT2D eigenvalue weighted by atomic mass is 9.94. The van der Waals surface area contributed by atoms with Gasteiger partial charge in [-0.2, -0.15) is 10.4 Å². The fourth-order valence-electron chi connectivity index (χ4n) is 6.73. The molecule has 0 radical (unpaired) electrons. The van der Waals surface area contributed by atoms with Gasteiger partial charge in [0.1, 0.15) is 46.8 Å². The van der Waals surface area contributed by atoms with Gasteiger partial charge in [0, 0.05) is 55.4 Å². The van der Waals surface area contributed by atoms with Gasteiger partial charge < -0.3 is 20.7 Å². The number of nitrogens with one attached hydrogen (secondary N) is 1. The van der Waals surface area contributed by atoms with Gasteiger partial charge in [0.05, 0.1) is 11.4 Å². The van der Waals surface area contributed by atoms with Crippen molar-refractivity contribution in [2.45, 2.75) is 64.2 Å². The standard InChI is InChI=1S/C35H40FN9O2/c1-22-19-44(23(2)18-39-22)35(3,4)16-24(17-37)34(46)43-14-8-9-25(20-43)45-33-30(32(38)40-21-41-33)31(42-45)28-13-12-27(15-29(28)36)47-26-10-6-5-7-11-26/h5-7,10-13,15-16,21-23,25,39H,8-9,14,18-20H2,1-4H3,(H2,38,40,41)/b24-16-/t22-,23+,25+/m0/s1. The van der Waals surface area contributed by atoms with Crippen LogP contribution in [0.1, 0.15) is 46.6 Å². The Morgan fingerprint density at radius 3 is 2.68 bits per heavy atom. The van der Waals surface area contributed by atoms with Crippen LogP contribution >= 0.6 is 0 Å². The van der Waals surface area contributed by atoms with Gasteiger partial charge in [-0.1, -0.05) is 18.2 Å². The third-order valence-corrected chi connectivity index (χ3v) is 9.08. The summed E-state index contributed by atoms with van der Waals surface area (Å²) in [5.41, 5.74) is 6.93. The number of fused-ring (bicyclic) bond motifs is 1. The van der Waals surface area contributed by atoms with Crippen molar-refractivity contribution < 1.29 is 13.9 Å². The predicted molar refractivity (Wildman–Crippen MR) is 178 cm³/mol. The van der Waals surface area contributed by atoms with E-state index in [1.807, 2.05) is 32.0 Å². The van der Waals surface area contributed by atoms with Gasteiger partial charge in [-0.15, -0.1) is 0 Å². The minimum absolute atomic E-state index is 0.117. The first-order valence-electron chi connectivity index (χ1n) is 16.0. The molecule has 2 aromatic carbocycles. The summed E-state index contributed by atoms with van der Waals surface area (Å²) in [6.07, 6.45) is 4.57. The summed E-state index contributed by atoms with van der Waals surface area (Å²) in [5.74, 6) is 0.268. The summed E-state index contributed by atoms with van der Waals surface area (Å²) >= 11 is 0. The van der Waals surface area contributed by atoms with E-state index in [0.29, 0.717) is 60.2 Å². The molecule has 0 unspecified atom stereocenters. The second kappa shape index (κ2) is 13.1. The zero-order valence-corrected chi connectivity index (χ0v) is 27.2. The highest BCUT2D eigenvalue weighted by Crippen LogP contribution is 2.36. The van der Waals surface area contributed by atoms with E-state index in [1.165, 1.54) is 12.4 Å². The summed E-state index contributed by atoms with van der Waals surface area (Å²) in [5, 5.41) is 18.9. The van der Waals surface area contributed by atoms with Crippen molar-refractivity contribution in [1.82, 2.24) is 34.9 Å². The Balaban J connectivity index is 1.28. The Labute approximate surface area is 273 Å². The number of nitriles is 1. The molecule has 6 rings (SSSR count). The van der Waals surface area contributed by atoms with E-state index in [9.17, 15) is 10.1 Å². The lowest BCUT2D eigenvalue weighted by molar-refractivity contribution is -0.128. The second-order valence-corrected chi connectivity index (χ2v) is 13.0. The fourth-order valence-corrected chi connectivity index (χ4v) is 6.73. The van der Waals surface area contributed by atoms with Gasteiger partial charge in [0.25, 0.3) is 5.91 Å². The molecule has 4 heterocycles. The lowest BCUT2D eigenvalue weighted by Gasteiger charge is -2.46. The number of piperazine rings is 1. The highest BCUT2D eigenvalue weighted by molar-refractivity contribution is 5.99. The summed E-state index contributed by atoms with van der Waals surface area (Å²) in [6, 6.07) is 16.2. The van der Waals surface area contributed by atoms with E-state index >= 15 is 4.39 Å². The van der Waals surface area contributed by atoms with Gasteiger partial charge in [-0.25, -0.2) is 19.0 Å². The number of nitrogens with zero attached hydrogens (tertiary/aromatic N) is 7. The molecular weight excluding hydrogens is 597 g/mol. The molecule has 1 amide bonds.